The Morgan fingerprint density at radius 2 is 1.74 bits per heavy atom. The second kappa shape index (κ2) is 13.5. The molecule has 1 N–H and O–H groups in total. The van der Waals surface area contributed by atoms with Gasteiger partial charge in [-0.1, -0.05) is 68.4 Å². The van der Waals surface area contributed by atoms with Crippen LogP contribution >= 0.6 is 27.7 Å². The van der Waals surface area contributed by atoms with Gasteiger partial charge in [-0.25, -0.2) is 0 Å². The first-order chi connectivity index (χ1) is 20.7. The lowest BCUT2D eigenvalue weighted by molar-refractivity contribution is -0.127. The van der Waals surface area contributed by atoms with Crippen LogP contribution in [0, 0.1) is 0 Å². The number of benzene rings is 4. The molecule has 1 heterocycles. The molecule has 3 amide bonds. The number of hydrogen-bond donors (Lipinski definition) is 1. The Morgan fingerprint density at radius 3 is 2.49 bits per heavy atom. The maximum Gasteiger partial charge on any atom is 0.294 e. The minimum Gasteiger partial charge on any atom is -0.490 e. The summed E-state index contributed by atoms with van der Waals surface area (Å²) in [5.41, 5.74) is 3.44. The molecule has 5 rings (SSSR count). The van der Waals surface area contributed by atoms with Crippen molar-refractivity contribution in [1.82, 2.24) is 4.90 Å². The number of rotatable bonds is 10. The van der Waals surface area contributed by atoms with Gasteiger partial charge >= 0.3 is 0 Å². The number of nitrogens with one attached hydrogen (secondary N) is 1. The van der Waals surface area contributed by atoms with E-state index in [0.29, 0.717) is 46.4 Å². The summed E-state index contributed by atoms with van der Waals surface area (Å²) < 4.78 is 12.8. The van der Waals surface area contributed by atoms with Crippen LogP contribution in [0.15, 0.2) is 88.2 Å². The van der Waals surface area contributed by atoms with E-state index in [1.54, 1.807) is 12.1 Å². The number of anilines is 1. The van der Waals surface area contributed by atoms with Gasteiger partial charge in [0.2, 0.25) is 5.91 Å². The quantitative estimate of drug-likeness (QED) is 0.172. The molecular formula is C34H31BrN2O5S. The number of thioether (sulfide) groups is 1. The van der Waals surface area contributed by atoms with Crippen molar-refractivity contribution in [1.29, 1.82) is 0 Å². The molecule has 0 aliphatic carbocycles. The Hall–Kier alpha value is -4.08. The van der Waals surface area contributed by atoms with Crippen molar-refractivity contribution in [3.05, 3.63) is 105 Å². The molecular weight excluding hydrogens is 628 g/mol. The zero-order chi connectivity index (χ0) is 30.5. The van der Waals surface area contributed by atoms with Gasteiger partial charge in [0.05, 0.1) is 16.0 Å². The number of fused-ring (bicyclic) bond motifs is 1. The van der Waals surface area contributed by atoms with Gasteiger partial charge in [0.15, 0.2) is 11.5 Å². The smallest absolute Gasteiger partial charge is 0.294 e. The fraction of sp³-hybridized carbons (Fsp3) is 0.206. The highest BCUT2D eigenvalue weighted by Gasteiger charge is 2.36. The summed E-state index contributed by atoms with van der Waals surface area (Å²) in [5.74, 6) is 0.444. The van der Waals surface area contributed by atoms with Crippen LogP contribution in [-0.4, -0.2) is 35.1 Å². The molecule has 0 unspecified atom stereocenters. The first-order valence-corrected chi connectivity index (χ1v) is 15.6. The normalized spacial score (nSPS) is 14.2. The monoisotopic (exact) mass is 658 g/mol. The Bertz CT molecular complexity index is 1710. The molecule has 9 heteroatoms. The molecule has 1 aliphatic heterocycles. The summed E-state index contributed by atoms with van der Waals surface area (Å²) >= 11 is 4.40. The van der Waals surface area contributed by atoms with E-state index in [1.165, 1.54) is 0 Å². The predicted molar refractivity (Wildman–Crippen MR) is 175 cm³/mol. The van der Waals surface area contributed by atoms with Crippen molar-refractivity contribution in [2.24, 2.45) is 0 Å². The summed E-state index contributed by atoms with van der Waals surface area (Å²) in [7, 11) is 0. The van der Waals surface area contributed by atoms with Crippen LogP contribution in [0.25, 0.3) is 16.8 Å². The lowest BCUT2D eigenvalue weighted by Crippen LogP contribution is -2.36. The highest BCUT2D eigenvalue weighted by Crippen LogP contribution is 2.40. The van der Waals surface area contributed by atoms with Crippen LogP contribution in [-0.2, 0) is 16.2 Å². The average molecular weight is 660 g/mol. The molecule has 0 bridgehead atoms. The van der Waals surface area contributed by atoms with Gasteiger partial charge in [-0.3, -0.25) is 19.3 Å². The van der Waals surface area contributed by atoms with Crippen molar-refractivity contribution in [3.8, 4) is 11.5 Å². The number of amides is 3. The lowest BCUT2D eigenvalue weighted by atomic mass is 10.0. The van der Waals surface area contributed by atoms with Gasteiger partial charge < -0.3 is 14.8 Å². The number of ether oxygens (including phenoxy) is 2. The molecule has 4 aromatic rings. The van der Waals surface area contributed by atoms with Crippen LogP contribution in [0.2, 0.25) is 0 Å². The SMILES string of the molecule is CCOc1cc(/C=C2/SC(=O)N(CC(=O)Nc3ccc(C(C)C)cc3)C2=O)cc(Br)c1OCc1cccc2ccccc12. The number of carbonyl (C=O) groups excluding carboxylic acids is 3. The van der Waals surface area contributed by atoms with Crippen molar-refractivity contribution >= 4 is 67.3 Å². The fourth-order valence-electron chi connectivity index (χ4n) is 4.73. The third-order valence-corrected chi connectivity index (χ3v) is 8.41. The molecule has 43 heavy (non-hydrogen) atoms. The summed E-state index contributed by atoms with van der Waals surface area (Å²) in [5, 5.41) is 4.51. The summed E-state index contributed by atoms with van der Waals surface area (Å²) in [6.07, 6.45) is 1.62. The number of halogens is 1. The molecule has 220 valence electrons. The Labute approximate surface area is 263 Å². The van der Waals surface area contributed by atoms with E-state index in [4.69, 9.17) is 9.47 Å². The van der Waals surface area contributed by atoms with Crippen LogP contribution in [0.4, 0.5) is 10.5 Å². The maximum absolute atomic E-state index is 13.1. The van der Waals surface area contributed by atoms with E-state index in [2.05, 4.69) is 53.3 Å². The van der Waals surface area contributed by atoms with Crippen LogP contribution in [0.1, 0.15) is 43.4 Å². The van der Waals surface area contributed by atoms with Crippen molar-refractivity contribution in [2.75, 3.05) is 18.5 Å². The average Bonchev–Trinajstić information content (AvgIpc) is 3.24. The maximum atomic E-state index is 13.1. The van der Waals surface area contributed by atoms with Crippen molar-refractivity contribution in [3.63, 3.8) is 0 Å². The molecule has 7 nitrogen and oxygen atoms in total. The minimum atomic E-state index is -0.523. The molecule has 0 saturated carbocycles. The Morgan fingerprint density at radius 1 is 1.00 bits per heavy atom. The third-order valence-electron chi connectivity index (χ3n) is 6.92. The topological polar surface area (TPSA) is 84.9 Å². The van der Waals surface area contributed by atoms with Crippen molar-refractivity contribution < 1.29 is 23.9 Å². The van der Waals surface area contributed by atoms with E-state index >= 15 is 0 Å². The highest BCUT2D eigenvalue weighted by molar-refractivity contribution is 9.10. The van der Waals surface area contributed by atoms with Gasteiger partial charge in [-0.15, -0.1) is 0 Å². The predicted octanol–water partition coefficient (Wildman–Crippen LogP) is 8.38. The van der Waals surface area contributed by atoms with Gasteiger partial charge in [0.1, 0.15) is 13.2 Å². The molecule has 0 atom stereocenters. The van der Waals surface area contributed by atoms with Gasteiger partial charge in [-0.05, 0) is 98.3 Å². The first kappa shape index (κ1) is 30.4. The van der Waals surface area contributed by atoms with Crippen molar-refractivity contribution in [2.45, 2.75) is 33.3 Å². The highest BCUT2D eigenvalue weighted by atomic mass is 79.9. The Balaban J connectivity index is 1.30. The zero-order valence-corrected chi connectivity index (χ0v) is 26.5. The molecule has 1 aliphatic rings. The second-order valence-corrected chi connectivity index (χ2v) is 12.1. The standard InChI is InChI=1S/C34H31BrN2O5S/c1-4-41-29-17-22(16-28(35)32(29)42-20-25-10-7-9-24-8-5-6-11-27(24)25)18-30-33(39)37(34(40)43-30)19-31(38)36-26-14-12-23(13-15-26)21(2)3/h5-18,21H,4,19-20H2,1-3H3,(H,36,38)/b30-18+. The first-order valence-electron chi connectivity index (χ1n) is 13.9. The fourth-order valence-corrected chi connectivity index (χ4v) is 6.14. The number of carbonyl (C=O) groups is 3. The largest absolute Gasteiger partial charge is 0.490 e. The number of imide groups is 1. The summed E-state index contributed by atoms with van der Waals surface area (Å²) in [4.78, 5) is 39.6. The van der Waals surface area contributed by atoms with Crippen LogP contribution < -0.4 is 14.8 Å². The summed E-state index contributed by atoms with van der Waals surface area (Å²) in [6, 6.07) is 25.3. The van der Waals surface area contributed by atoms with E-state index in [9.17, 15) is 14.4 Å². The van der Waals surface area contributed by atoms with E-state index in [-0.39, 0.29) is 11.4 Å². The van der Waals surface area contributed by atoms with Crippen LogP contribution in [0.5, 0.6) is 11.5 Å². The zero-order valence-electron chi connectivity index (χ0n) is 24.1. The molecule has 0 spiro atoms. The lowest BCUT2D eigenvalue weighted by Gasteiger charge is -2.16. The van der Waals surface area contributed by atoms with Gasteiger partial charge in [-0.2, -0.15) is 0 Å². The molecule has 1 saturated heterocycles. The van der Waals surface area contributed by atoms with E-state index in [1.807, 2.05) is 61.5 Å². The second-order valence-electron chi connectivity index (χ2n) is 10.3. The van der Waals surface area contributed by atoms with Gasteiger partial charge in [0.25, 0.3) is 11.1 Å². The third kappa shape index (κ3) is 7.12. The minimum absolute atomic E-state index is 0.220. The summed E-state index contributed by atoms with van der Waals surface area (Å²) in [6.45, 7) is 6.43. The Kier molecular flexibility index (Phi) is 9.52. The number of nitrogens with zero attached hydrogens (tertiary/aromatic N) is 1. The van der Waals surface area contributed by atoms with Gasteiger partial charge in [0, 0.05) is 5.69 Å². The molecule has 0 radical (unpaired) electrons. The number of hydrogen-bond acceptors (Lipinski definition) is 6. The molecule has 1 fully saturated rings. The van der Waals surface area contributed by atoms with E-state index in [0.717, 1.165) is 38.6 Å². The van der Waals surface area contributed by atoms with E-state index < -0.39 is 17.1 Å². The van der Waals surface area contributed by atoms with Crippen LogP contribution in [0.3, 0.4) is 0 Å². The molecule has 4 aromatic carbocycles. The molecule has 0 aromatic heterocycles.